The van der Waals surface area contributed by atoms with Crippen LogP contribution in [0.5, 0.6) is 0 Å². The van der Waals surface area contributed by atoms with Crippen LogP contribution in [0.3, 0.4) is 0 Å². The molecule has 0 unspecified atom stereocenters. The third-order valence-corrected chi connectivity index (χ3v) is 5.77. The molecule has 0 spiro atoms. The standard InChI is InChI=1S/C25H24N4O3/c1-16(2)13-28-23-21(24(30)27(3)25(28)31)22(19-11-12-32-15-19)29(26-23)14-18-9-6-8-17-7-4-5-10-20(17)18/h4-12,15-16H,13-14H2,1-3H3. The van der Waals surface area contributed by atoms with E-state index in [0.29, 0.717) is 29.8 Å². The minimum absolute atomic E-state index is 0.217. The van der Waals surface area contributed by atoms with Crippen LogP contribution in [-0.2, 0) is 20.1 Å². The number of aromatic nitrogens is 4. The molecule has 32 heavy (non-hydrogen) atoms. The molecule has 0 N–H and O–H groups in total. The molecule has 0 saturated heterocycles. The molecular formula is C25H24N4O3. The molecule has 5 aromatic rings. The molecule has 0 aliphatic heterocycles. The Morgan fingerprint density at radius 1 is 1.03 bits per heavy atom. The molecule has 3 heterocycles. The molecule has 0 atom stereocenters. The van der Waals surface area contributed by atoms with Gasteiger partial charge in [-0.25, -0.2) is 4.79 Å². The third kappa shape index (κ3) is 3.17. The Kier molecular flexibility index (Phi) is 4.81. The van der Waals surface area contributed by atoms with Crippen molar-refractivity contribution in [3.8, 4) is 11.3 Å². The minimum Gasteiger partial charge on any atom is -0.472 e. The number of benzene rings is 2. The first kappa shape index (κ1) is 20.1. The van der Waals surface area contributed by atoms with Crippen molar-refractivity contribution in [3.63, 3.8) is 0 Å². The van der Waals surface area contributed by atoms with E-state index in [-0.39, 0.29) is 17.2 Å². The Morgan fingerprint density at radius 3 is 2.56 bits per heavy atom. The average molecular weight is 428 g/mol. The van der Waals surface area contributed by atoms with Gasteiger partial charge in [0.25, 0.3) is 5.56 Å². The summed E-state index contributed by atoms with van der Waals surface area (Å²) in [6, 6.07) is 16.2. The zero-order valence-corrected chi connectivity index (χ0v) is 18.3. The van der Waals surface area contributed by atoms with Crippen LogP contribution >= 0.6 is 0 Å². The maximum atomic E-state index is 13.2. The molecule has 7 heteroatoms. The van der Waals surface area contributed by atoms with Gasteiger partial charge >= 0.3 is 5.69 Å². The zero-order valence-electron chi connectivity index (χ0n) is 18.3. The van der Waals surface area contributed by atoms with Crippen LogP contribution in [0.15, 0.2) is 75.1 Å². The Morgan fingerprint density at radius 2 is 1.81 bits per heavy atom. The second kappa shape index (κ2) is 7.67. The minimum atomic E-state index is -0.357. The van der Waals surface area contributed by atoms with Crippen molar-refractivity contribution in [1.82, 2.24) is 18.9 Å². The van der Waals surface area contributed by atoms with Gasteiger partial charge in [-0.1, -0.05) is 56.3 Å². The van der Waals surface area contributed by atoms with Gasteiger partial charge in [0.05, 0.1) is 24.8 Å². The van der Waals surface area contributed by atoms with Crippen LogP contribution in [0.4, 0.5) is 0 Å². The summed E-state index contributed by atoms with van der Waals surface area (Å²) in [6.45, 7) is 5.00. The number of fused-ring (bicyclic) bond motifs is 2. The average Bonchev–Trinajstić information content (AvgIpc) is 3.43. The SMILES string of the molecule is CC(C)Cn1c(=O)n(C)c(=O)c2c(-c3ccoc3)n(Cc3cccc4ccccc34)nc21. The molecule has 5 rings (SSSR count). The Balaban J connectivity index is 1.83. The molecule has 3 aromatic heterocycles. The van der Waals surface area contributed by atoms with Crippen molar-refractivity contribution in [2.24, 2.45) is 13.0 Å². The van der Waals surface area contributed by atoms with Crippen LogP contribution in [-0.4, -0.2) is 18.9 Å². The predicted molar refractivity (Wildman–Crippen MR) is 125 cm³/mol. The molecule has 0 aliphatic carbocycles. The highest BCUT2D eigenvalue weighted by atomic mass is 16.3. The number of nitrogens with zero attached hydrogens (tertiary/aromatic N) is 4. The van der Waals surface area contributed by atoms with Gasteiger partial charge in [0, 0.05) is 19.2 Å². The van der Waals surface area contributed by atoms with Gasteiger partial charge in [0.1, 0.15) is 5.39 Å². The molecule has 7 nitrogen and oxygen atoms in total. The first-order valence-corrected chi connectivity index (χ1v) is 10.6. The van der Waals surface area contributed by atoms with Gasteiger partial charge < -0.3 is 4.42 Å². The molecule has 0 fully saturated rings. The van der Waals surface area contributed by atoms with E-state index in [1.807, 2.05) is 42.8 Å². The highest BCUT2D eigenvalue weighted by Gasteiger charge is 2.23. The molecule has 162 valence electrons. The largest absolute Gasteiger partial charge is 0.472 e. The lowest BCUT2D eigenvalue weighted by Gasteiger charge is -2.10. The zero-order chi connectivity index (χ0) is 22.4. The van der Waals surface area contributed by atoms with Gasteiger partial charge in [0.15, 0.2) is 5.65 Å². The van der Waals surface area contributed by atoms with Crippen molar-refractivity contribution in [3.05, 3.63) is 87.5 Å². The maximum absolute atomic E-state index is 13.2. The first-order valence-electron chi connectivity index (χ1n) is 10.6. The van der Waals surface area contributed by atoms with Crippen LogP contribution < -0.4 is 11.2 Å². The summed E-state index contributed by atoms with van der Waals surface area (Å²) >= 11 is 0. The number of furan rings is 1. The highest BCUT2D eigenvalue weighted by Crippen LogP contribution is 2.29. The molecule has 0 bridgehead atoms. The van der Waals surface area contributed by atoms with Crippen LogP contribution in [0, 0.1) is 5.92 Å². The van der Waals surface area contributed by atoms with Crippen molar-refractivity contribution >= 4 is 21.8 Å². The van der Waals surface area contributed by atoms with E-state index in [1.54, 1.807) is 17.1 Å². The summed E-state index contributed by atoms with van der Waals surface area (Å²) in [5.41, 5.74) is 2.17. The number of hydrogen-bond acceptors (Lipinski definition) is 4. The molecule has 0 amide bonds. The monoisotopic (exact) mass is 428 g/mol. The summed E-state index contributed by atoms with van der Waals surface area (Å²) in [4.78, 5) is 26.2. The molecule has 0 saturated carbocycles. The summed E-state index contributed by atoms with van der Waals surface area (Å²) in [6.07, 6.45) is 3.18. The van der Waals surface area contributed by atoms with Crippen LogP contribution in [0.25, 0.3) is 33.1 Å². The highest BCUT2D eigenvalue weighted by molar-refractivity contribution is 5.91. The summed E-state index contributed by atoms with van der Waals surface area (Å²) in [5.74, 6) is 0.217. The molecular weight excluding hydrogens is 404 g/mol. The van der Waals surface area contributed by atoms with E-state index >= 15 is 0 Å². The van der Waals surface area contributed by atoms with E-state index in [4.69, 9.17) is 9.52 Å². The lowest BCUT2D eigenvalue weighted by molar-refractivity contribution is 0.498. The van der Waals surface area contributed by atoms with Gasteiger partial charge in [0.2, 0.25) is 0 Å². The Hall–Kier alpha value is -3.87. The number of hydrogen-bond donors (Lipinski definition) is 0. The lowest BCUT2D eigenvalue weighted by atomic mass is 10.0. The molecule has 0 radical (unpaired) electrons. The van der Waals surface area contributed by atoms with E-state index in [9.17, 15) is 9.59 Å². The third-order valence-electron chi connectivity index (χ3n) is 5.77. The first-order chi connectivity index (χ1) is 15.5. The topological polar surface area (TPSA) is 75.0 Å². The summed E-state index contributed by atoms with van der Waals surface area (Å²) in [7, 11) is 1.52. The smallest absolute Gasteiger partial charge is 0.332 e. The van der Waals surface area contributed by atoms with Crippen molar-refractivity contribution in [2.45, 2.75) is 26.9 Å². The molecule has 2 aromatic carbocycles. The van der Waals surface area contributed by atoms with Gasteiger partial charge in [-0.05, 0) is 28.3 Å². The van der Waals surface area contributed by atoms with Crippen molar-refractivity contribution < 1.29 is 4.42 Å². The molecule has 0 aliphatic rings. The lowest BCUT2D eigenvalue weighted by Crippen LogP contribution is -2.38. The predicted octanol–water partition coefficient (Wildman–Crippen LogP) is 4.01. The van der Waals surface area contributed by atoms with E-state index in [0.717, 1.165) is 26.5 Å². The fourth-order valence-electron chi connectivity index (χ4n) is 4.29. The van der Waals surface area contributed by atoms with E-state index in [2.05, 4.69) is 24.3 Å². The second-order valence-electron chi connectivity index (χ2n) is 8.51. The van der Waals surface area contributed by atoms with Crippen LogP contribution in [0.1, 0.15) is 19.4 Å². The normalized spacial score (nSPS) is 11.8. The summed E-state index contributed by atoms with van der Waals surface area (Å²) in [5, 5.41) is 7.50. The van der Waals surface area contributed by atoms with Crippen LogP contribution in [0.2, 0.25) is 0 Å². The Bertz CT molecular complexity index is 1550. The number of rotatable bonds is 5. The summed E-state index contributed by atoms with van der Waals surface area (Å²) < 4.78 is 9.91. The fourth-order valence-corrected chi connectivity index (χ4v) is 4.29. The van der Waals surface area contributed by atoms with Crippen molar-refractivity contribution in [2.75, 3.05) is 0 Å². The van der Waals surface area contributed by atoms with E-state index < -0.39 is 0 Å². The van der Waals surface area contributed by atoms with Gasteiger partial charge in [-0.3, -0.25) is 18.6 Å². The quantitative estimate of drug-likeness (QED) is 0.424. The van der Waals surface area contributed by atoms with E-state index in [1.165, 1.54) is 7.05 Å². The van der Waals surface area contributed by atoms with Gasteiger partial charge in [-0.2, -0.15) is 5.10 Å². The second-order valence-corrected chi connectivity index (χ2v) is 8.51. The fraction of sp³-hybridized carbons (Fsp3) is 0.240. The van der Waals surface area contributed by atoms with Crippen molar-refractivity contribution in [1.29, 1.82) is 0 Å². The maximum Gasteiger partial charge on any atom is 0.332 e. The Labute approximate surface area is 184 Å². The van der Waals surface area contributed by atoms with Gasteiger partial charge in [-0.15, -0.1) is 0 Å².